The van der Waals surface area contributed by atoms with Gasteiger partial charge in [-0.15, -0.1) is 70.1 Å². The first kappa shape index (κ1) is 22.8. The molecule has 0 N–H and O–H groups in total. The van der Waals surface area contributed by atoms with Gasteiger partial charge in [-0.3, -0.25) is 0 Å². The van der Waals surface area contributed by atoms with Gasteiger partial charge in [0.2, 0.25) is 9.76 Å². The molecule has 0 atom stereocenters. The van der Waals surface area contributed by atoms with Crippen molar-refractivity contribution in [2.24, 2.45) is 0 Å². The van der Waals surface area contributed by atoms with Gasteiger partial charge in [0.1, 0.15) is 0 Å². The number of aryl methyl sites for hydroxylation is 2. The summed E-state index contributed by atoms with van der Waals surface area (Å²) in [5, 5.41) is 5.45. The third-order valence-electron chi connectivity index (χ3n) is 4.09. The molecule has 3 heteroatoms. The van der Waals surface area contributed by atoms with Gasteiger partial charge in [-0.05, 0) is 13.5 Å². The molecule has 0 saturated carbocycles. The Hall–Kier alpha value is -1.28. The third-order valence-corrected chi connectivity index (χ3v) is 4.66. The Morgan fingerprint density at radius 2 is 1.23 bits per heavy atom. The molecule has 0 aliphatic rings. The molecule has 0 aromatic heterocycles. The Bertz CT molecular complexity index is 817. The molecule has 0 bridgehead atoms. The monoisotopic (exact) mass is 436 g/mol. The Labute approximate surface area is 179 Å². The van der Waals surface area contributed by atoms with Crippen molar-refractivity contribution in [3.8, 4) is 0 Å². The Morgan fingerprint density at radius 3 is 1.54 bits per heavy atom. The SMILES string of the molecule is CCO[Si]C.Cc1c[cH-]c2ccccc12.Cc1c[cH-]c2ccccc12.[Zr+2]. The van der Waals surface area contributed by atoms with Gasteiger partial charge in [0.25, 0.3) is 0 Å². The maximum atomic E-state index is 4.86. The summed E-state index contributed by atoms with van der Waals surface area (Å²) in [6.07, 6.45) is 0. The molecule has 4 aromatic carbocycles. The summed E-state index contributed by atoms with van der Waals surface area (Å²) in [6, 6.07) is 25.5. The smallest absolute Gasteiger partial charge is 0.418 e. The summed E-state index contributed by atoms with van der Waals surface area (Å²) >= 11 is 0. The molecule has 4 aromatic rings. The Morgan fingerprint density at radius 1 is 0.808 bits per heavy atom. The van der Waals surface area contributed by atoms with Crippen molar-refractivity contribution < 1.29 is 30.6 Å². The van der Waals surface area contributed by atoms with E-state index in [1.165, 1.54) is 32.7 Å². The van der Waals surface area contributed by atoms with Crippen LogP contribution in [-0.4, -0.2) is 16.4 Å². The molecule has 2 radical (unpaired) electrons. The second-order valence-corrected chi connectivity index (χ2v) is 6.54. The minimum atomic E-state index is 0. The summed E-state index contributed by atoms with van der Waals surface area (Å²) in [5.41, 5.74) is 2.74. The molecular formula is C23H26OSiZr. The van der Waals surface area contributed by atoms with Gasteiger partial charge in [-0.1, -0.05) is 26.0 Å². The van der Waals surface area contributed by atoms with Gasteiger partial charge in [-0.2, -0.15) is 23.3 Å². The van der Waals surface area contributed by atoms with Crippen molar-refractivity contribution in [1.29, 1.82) is 0 Å². The van der Waals surface area contributed by atoms with Crippen molar-refractivity contribution in [2.75, 3.05) is 6.61 Å². The minimum absolute atomic E-state index is 0. The number of hydrogen-bond donors (Lipinski definition) is 0. The first-order valence-corrected chi connectivity index (χ1v) is 10.1. The van der Waals surface area contributed by atoms with Gasteiger partial charge < -0.3 is 4.43 Å². The summed E-state index contributed by atoms with van der Waals surface area (Å²) in [5.74, 6) is 0. The van der Waals surface area contributed by atoms with Crippen LogP contribution in [0.3, 0.4) is 0 Å². The van der Waals surface area contributed by atoms with E-state index in [9.17, 15) is 0 Å². The maximum absolute atomic E-state index is 4.86. The second kappa shape index (κ2) is 12.2. The fourth-order valence-corrected chi connectivity index (χ4v) is 3.05. The van der Waals surface area contributed by atoms with Gasteiger partial charge >= 0.3 is 26.2 Å². The predicted octanol–water partition coefficient (Wildman–Crippen LogP) is 6.42. The summed E-state index contributed by atoms with van der Waals surface area (Å²) in [7, 11) is 0.658. The van der Waals surface area contributed by atoms with E-state index in [0.717, 1.165) is 6.61 Å². The molecular weight excluding hydrogens is 412 g/mol. The van der Waals surface area contributed by atoms with Crippen molar-refractivity contribution in [2.45, 2.75) is 27.3 Å². The Kier molecular flexibility index (Phi) is 10.7. The molecule has 0 aliphatic carbocycles. The van der Waals surface area contributed by atoms with Gasteiger partial charge in [-0.25, -0.2) is 0 Å². The van der Waals surface area contributed by atoms with Crippen molar-refractivity contribution >= 4 is 31.3 Å². The van der Waals surface area contributed by atoms with Crippen LogP contribution in [0.1, 0.15) is 18.1 Å². The van der Waals surface area contributed by atoms with Gasteiger partial charge in [0.15, 0.2) is 0 Å². The summed E-state index contributed by atoms with van der Waals surface area (Å²) < 4.78 is 4.86. The number of rotatable bonds is 2. The van der Waals surface area contributed by atoms with Crippen LogP contribution in [0.2, 0.25) is 6.55 Å². The van der Waals surface area contributed by atoms with Gasteiger partial charge in [0.05, 0.1) is 0 Å². The molecule has 0 spiro atoms. The zero-order valence-corrected chi connectivity index (χ0v) is 19.5. The van der Waals surface area contributed by atoms with Crippen LogP contribution in [0.4, 0.5) is 0 Å². The average Bonchev–Trinajstić information content (AvgIpc) is 3.21. The van der Waals surface area contributed by atoms with Crippen LogP contribution < -0.4 is 0 Å². The zero-order chi connectivity index (χ0) is 18.1. The van der Waals surface area contributed by atoms with E-state index in [2.05, 4.69) is 86.6 Å². The topological polar surface area (TPSA) is 9.23 Å². The van der Waals surface area contributed by atoms with Crippen LogP contribution in [0.25, 0.3) is 21.5 Å². The minimum Gasteiger partial charge on any atom is -0.418 e. The van der Waals surface area contributed by atoms with E-state index in [0.29, 0.717) is 9.76 Å². The van der Waals surface area contributed by atoms with E-state index in [4.69, 9.17) is 4.43 Å². The number of fused-ring (bicyclic) bond motifs is 2. The average molecular weight is 438 g/mol. The molecule has 4 rings (SSSR count). The first-order valence-electron chi connectivity index (χ1n) is 8.68. The molecule has 0 aliphatic heterocycles. The predicted molar refractivity (Wildman–Crippen MR) is 112 cm³/mol. The normalized spacial score (nSPS) is 9.69. The van der Waals surface area contributed by atoms with Crippen LogP contribution in [0, 0.1) is 13.8 Å². The first-order chi connectivity index (χ1) is 12.2. The fourth-order valence-electron chi connectivity index (χ4n) is 2.76. The van der Waals surface area contributed by atoms with Crippen LogP contribution in [0.15, 0.2) is 72.8 Å². The fraction of sp³-hybridized carbons (Fsp3) is 0.217. The number of benzene rings is 2. The zero-order valence-electron chi connectivity index (χ0n) is 16.0. The van der Waals surface area contributed by atoms with E-state index in [1.807, 2.05) is 13.5 Å². The van der Waals surface area contributed by atoms with Crippen molar-refractivity contribution in [1.82, 2.24) is 0 Å². The summed E-state index contributed by atoms with van der Waals surface area (Å²) in [4.78, 5) is 0. The van der Waals surface area contributed by atoms with Gasteiger partial charge in [0, 0.05) is 6.61 Å². The van der Waals surface area contributed by atoms with E-state index in [-0.39, 0.29) is 26.2 Å². The van der Waals surface area contributed by atoms with E-state index in [1.54, 1.807) is 0 Å². The number of hydrogen-bond acceptors (Lipinski definition) is 1. The Balaban J connectivity index is 0.000000204. The van der Waals surface area contributed by atoms with E-state index < -0.39 is 0 Å². The van der Waals surface area contributed by atoms with E-state index >= 15 is 0 Å². The molecule has 0 saturated heterocycles. The standard InChI is InChI=1S/2C10H9.C3H8OSi.Zr/c2*1-8-6-7-9-4-2-3-5-10(8)9;1-3-4-5-2;/h2*2-7H,1H3;3H2,1-2H3;/q2*-1;;+2. The molecule has 26 heavy (non-hydrogen) atoms. The molecule has 132 valence electrons. The maximum Gasteiger partial charge on any atom is 2.00 e. The van der Waals surface area contributed by atoms with Crippen molar-refractivity contribution in [3.05, 3.63) is 83.9 Å². The molecule has 0 unspecified atom stereocenters. The quantitative estimate of drug-likeness (QED) is 0.260. The van der Waals surface area contributed by atoms with Crippen molar-refractivity contribution in [3.63, 3.8) is 0 Å². The van der Waals surface area contributed by atoms with Crippen LogP contribution in [0.5, 0.6) is 0 Å². The molecule has 0 amide bonds. The third kappa shape index (κ3) is 6.46. The van der Waals surface area contributed by atoms with Crippen LogP contribution in [-0.2, 0) is 30.6 Å². The molecule has 0 heterocycles. The van der Waals surface area contributed by atoms with Crippen LogP contribution >= 0.6 is 0 Å². The second-order valence-electron chi connectivity index (χ2n) is 5.84. The molecule has 1 nitrogen and oxygen atoms in total. The largest absolute Gasteiger partial charge is 2.00 e. The summed E-state index contributed by atoms with van der Waals surface area (Å²) in [6.45, 7) is 9.15. The molecule has 0 fully saturated rings.